The van der Waals surface area contributed by atoms with Gasteiger partial charge >= 0.3 is 0 Å². The van der Waals surface area contributed by atoms with Gasteiger partial charge in [0.05, 0.1) is 17.6 Å². The predicted octanol–water partition coefficient (Wildman–Crippen LogP) is 4.79. The summed E-state index contributed by atoms with van der Waals surface area (Å²) in [6.45, 7) is 6.77. The van der Waals surface area contributed by atoms with Crippen LogP contribution in [0.4, 0.5) is 0 Å². The van der Waals surface area contributed by atoms with Gasteiger partial charge in [0.1, 0.15) is 10.7 Å². The Balaban J connectivity index is 1.84. The van der Waals surface area contributed by atoms with E-state index in [-0.39, 0.29) is 5.56 Å². The number of rotatable bonds is 4. The Kier molecular flexibility index (Phi) is 5.15. The first kappa shape index (κ1) is 18.4. The molecule has 142 valence electrons. The van der Waals surface area contributed by atoms with E-state index in [1.807, 2.05) is 29.7 Å². The zero-order chi connectivity index (χ0) is 19.0. The zero-order valence-corrected chi connectivity index (χ0v) is 17.2. The number of nitrogens with one attached hydrogen (secondary N) is 1. The van der Waals surface area contributed by atoms with Crippen LogP contribution >= 0.6 is 11.3 Å². The van der Waals surface area contributed by atoms with Crippen LogP contribution in [0.2, 0.25) is 0 Å². The van der Waals surface area contributed by atoms with Crippen molar-refractivity contribution in [1.82, 2.24) is 14.9 Å². The molecule has 1 aliphatic rings. The molecule has 0 bridgehead atoms. The fourth-order valence-corrected chi connectivity index (χ4v) is 5.10. The van der Waals surface area contributed by atoms with Crippen LogP contribution in [-0.4, -0.2) is 15.6 Å². The quantitative estimate of drug-likeness (QED) is 0.706. The average molecular weight is 382 g/mol. The number of hydrogen-bond acceptors (Lipinski definition) is 4. The van der Waals surface area contributed by atoms with Gasteiger partial charge in [0.2, 0.25) is 0 Å². The number of aryl methyl sites for hydroxylation is 3. The van der Waals surface area contributed by atoms with Crippen molar-refractivity contribution in [3.63, 3.8) is 0 Å². The smallest absolute Gasteiger partial charge is 0.267 e. The molecule has 27 heavy (non-hydrogen) atoms. The minimum absolute atomic E-state index is 0.0524. The largest absolute Gasteiger partial charge is 0.307 e. The molecule has 1 aliphatic carbocycles. The fourth-order valence-electron chi connectivity index (χ4n) is 4.06. The van der Waals surface area contributed by atoms with Gasteiger partial charge in [-0.2, -0.15) is 0 Å². The lowest BCUT2D eigenvalue weighted by atomic mass is 9.95. The third-order valence-electron chi connectivity index (χ3n) is 5.78. The third-order valence-corrected chi connectivity index (χ3v) is 6.88. The lowest BCUT2D eigenvalue weighted by Gasteiger charge is -2.23. The average Bonchev–Trinajstić information content (AvgIpc) is 2.96. The van der Waals surface area contributed by atoms with E-state index in [4.69, 9.17) is 4.98 Å². The van der Waals surface area contributed by atoms with Crippen molar-refractivity contribution in [3.8, 4) is 5.69 Å². The summed E-state index contributed by atoms with van der Waals surface area (Å²) in [5, 5.41) is 4.43. The maximum atomic E-state index is 13.5. The van der Waals surface area contributed by atoms with E-state index in [2.05, 4.69) is 25.2 Å². The van der Waals surface area contributed by atoms with Gasteiger partial charge in [-0.3, -0.25) is 9.36 Å². The summed E-state index contributed by atoms with van der Waals surface area (Å²) in [5.41, 5.74) is 3.13. The summed E-state index contributed by atoms with van der Waals surface area (Å²) < 4.78 is 1.83. The number of aromatic nitrogens is 2. The first-order valence-corrected chi connectivity index (χ1v) is 10.7. The Labute approximate surface area is 164 Å². The monoisotopic (exact) mass is 381 g/mol. The lowest BCUT2D eigenvalue weighted by molar-refractivity contribution is 0.368. The third kappa shape index (κ3) is 3.46. The van der Waals surface area contributed by atoms with Crippen molar-refractivity contribution in [1.29, 1.82) is 0 Å². The van der Waals surface area contributed by atoms with Gasteiger partial charge in [-0.05, 0) is 50.8 Å². The zero-order valence-electron chi connectivity index (χ0n) is 16.3. The molecule has 3 aromatic rings. The predicted molar refractivity (Wildman–Crippen MR) is 113 cm³/mol. The summed E-state index contributed by atoms with van der Waals surface area (Å²) in [6, 6.07) is 8.60. The highest BCUT2D eigenvalue weighted by molar-refractivity contribution is 7.18. The van der Waals surface area contributed by atoms with Gasteiger partial charge in [0, 0.05) is 10.9 Å². The molecule has 5 heteroatoms. The summed E-state index contributed by atoms with van der Waals surface area (Å²) >= 11 is 1.62. The van der Waals surface area contributed by atoms with Gasteiger partial charge in [-0.15, -0.1) is 11.3 Å². The first-order chi connectivity index (χ1) is 13.1. The fraction of sp³-hybridized carbons (Fsp3) is 0.455. The van der Waals surface area contributed by atoms with Gasteiger partial charge in [0.15, 0.2) is 0 Å². The second kappa shape index (κ2) is 7.56. The van der Waals surface area contributed by atoms with Gasteiger partial charge in [-0.25, -0.2) is 4.98 Å². The summed E-state index contributed by atoms with van der Waals surface area (Å²) in [5.74, 6) is 0.814. The second-order valence-corrected chi connectivity index (χ2v) is 8.84. The molecule has 4 rings (SSSR count). The molecule has 1 saturated carbocycles. The number of benzene rings is 1. The topological polar surface area (TPSA) is 46.9 Å². The van der Waals surface area contributed by atoms with Crippen molar-refractivity contribution >= 4 is 21.6 Å². The van der Waals surface area contributed by atoms with E-state index in [1.165, 1.54) is 37.0 Å². The Bertz CT molecular complexity index is 1030. The molecule has 2 heterocycles. The number of nitrogens with zero attached hydrogens (tertiary/aromatic N) is 2. The molecular formula is C22H27N3OS. The molecular weight excluding hydrogens is 354 g/mol. The SMILES string of the molecule is Cc1ccccc1-n1c(CNC2CCCCC2)nc2sc(C)c(C)c2c1=O. The molecule has 0 unspecified atom stereocenters. The van der Waals surface area contributed by atoms with E-state index in [1.54, 1.807) is 11.3 Å². The van der Waals surface area contributed by atoms with E-state index in [0.29, 0.717) is 12.6 Å². The van der Waals surface area contributed by atoms with Crippen LogP contribution in [0.25, 0.3) is 15.9 Å². The minimum Gasteiger partial charge on any atom is -0.307 e. The van der Waals surface area contributed by atoms with E-state index < -0.39 is 0 Å². The Morgan fingerprint density at radius 3 is 2.63 bits per heavy atom. The van der Waals surface area contributed by atoms with Crippen LogP contribution in [0.5, 0.6) is 0 Å². The molecule has 4 nitrogen and oxygen atoms in total. The van der Waals surface area contributed by atoms with E-state index in [0.717, 1.165) is 32.9 Å². The second-order valence-electron chi connectivity index (χ2n) is 7.63. The molecule has 0 atom stereocenters. The van der Waals surface area contributed by atoms with Crippen LogP contribution < -0.4 is 10.9 Å². The van der Waals surface area contributed by atoms with Crippen LogP contribution in [0, 0.1) is 20.8 Å². The Hall–Kier alpha value is -1.98. The molecule has 0 amide bonds. The molecule has 0 saturated heterocycles. The van der Waals surface area contributed by atoms with Crippen molar-refractivity contribution < 1.29 is 0 Å². The molecule has 1 aromatic carbocycles. The summed E-state index contributed by atoms with van der Waals surface area (Å²) in [7, 11) is 0. The van der Waals surface area contributed by atoms with Crippen molar-refractivity contribution in [2.75, 3.05) is 0 Å². The van der Waals surface area contributed by atoms with E-state index in [9.17, 15) is 4.79 Å². The maximum absolute atomic E-state index is 13.5. The van der Waals surface area contributed by atoms with Crippen LogP contribution in [-0.2, 0) is 6.54 Å². The molecule has 1 N–H and O–H groups in total. The number of thiophene rings is 1. The lowest BCUT2D eigenvalue weighted by Crippen LogP contribution is -2.34. The van der Waals surface area contributed by atoms with Crippen LogP contribution in [0.3, 0.4) is 0 Å². The Morgan fingerprint density at radius 2 is 1.89 bits per heavy atom. The highest BCUT2D eigenvalue weighted by Crippen LogP contribution is 2.27. The number of fused-ring (bicyclic) bond motifs is 1. The van der Waals surface area contributed by atoms with Crippen molar-refractivity contribution in [3.05, 3.63) is 56.4 Å². The normalized spacial score (nSPS) is 15.5. The summed E-state index contributed by atoms with van der Waals surface area (Å²) in [6.07, 6.45) is 6.35. The Morgan fingerprint density at radius 1 is 1.15 bits per heavy atom. The summed E-state index contributed by atoms with van der Waals surface area (Å²) in [4.78, 5) is 20.5. The number of hydrogen-bond donors (Lipinski definition) is 1. The molecule has 2 aromatic heterocycles. The minimum atomic E-state index is 0.0524. The molecule has 0 aliphatic heterocycles. The first-order valence-electron chi connectivity index (χ1n) is 9.87. The molecule has 0 spiro atoms. The van der Waals surface area contributed by atoms with Gasteiger partial charge < -0.3 is 5.32 Å². The maximum Gasteiger partial charge on any atom is 0.267 e. The van der Waals surface area contributed by atoms with Gasteiger partial charge in [-0.1, -0.05) is 37.5 Å². The highest BCUT2D eigenvalue weighted by Gasteiger charge is 2.20. The van der Waals surface area contributed by atoms with Crippen LogP contribution in [0.15, 0.2) is 29.1 Å². The highest BCUT2D eigenvalue weighted by atomic mass is 32.1. The van der Waals surface area contributed by atoms with Crippen LogP contribution in [0.1, 0.15) is 53.9 Å². The molecule has 0 radical (unpaired) electrons. The van der Waals surface area contributed by atoms with Crippen molar-refractivity contribution in [2.45, 2.75) is 65.5 Å². The standard InChI is InChI=1S/C22H27N3OS/c1-14-9-7-8-12-18(14)25-19(13-23-17-10-5-4-6-11-17)24-21-20(22(25)26)15(2)16(3)27-21/h7-9,12,17,23H,4-6,10-11,13H2,1-3H3. The molecule has 1 fully saturated rings. The van der Waals surface area contributed by atoms with Crippen molar-refractivity contribution in [2.24, 2.45) is 0 Å². The van der Waals surface area contributed by atoms with Gasteiger partial charge in [0.25, 0.3) is 5.56 Å². The number of para-hydroxylation sites is 1. The van der Waals surface area contributed by atoms with E-state index >= 15 is 0 Å².